The van der Waals surface area contributed by atoms with E-state index in [2.05, 4.69) is 179 Å². The zero-order chi connectivity index (χ0) is 55.7. The predicted octanol–water partition coefficient (Wildman–Crippen LogP) is 21.1. The van der Waals surface area contributed by atoms with Gasteiger partial charge in [-0.05, 0) is 135 Å². The fraction of sp³-hybridized carbons (Fsp3) is 0.563. The Hall–Kier alpha value is -5.23. The lowest BCUT2D eigenvalue weighted by molar-refractivity contribution is -0.166. The zero-order valence-corrected chi connectivity index (χ0v) is 49.1. The van der Waals surface area contributed by atoms with Crippen LogP contribution in [0.5, 0.6) is 0 Å². The lowest BCUT2D eigenvalue weighted by Gasteiger charge is -2.18. The van der Waals surface area contributed by atoms with Gasteiger partial charge < -0.3 is 14.2 Å². The lowest BCUT2D eigenvalue weighted by atomic mass is 10.1. The van der Waals surface area contributed by atoms with E-state index in [0.29, 0.717) is 6.42 Å². The van der Waals surface area contributed by atoms with E-state index in [1.54, 1.807) is 6.08 Å². The highest BCUT2D eigenvalue weighted by atomic mass is 16.6. The fourth-order valence-corrected chi connectivity index (χ4v) is 7.70. The molecule has 0 aliphatic heterocycles. The SMILES string of the molecule is CC/C=C\C/C=C\C/C=C\C/C=C\C/C=C\C/C=C\CCCCCCCCC(=O)OCC(COC(=O)C/C=C\C/C=C\C/C=C\C/C=C\C/C=C\CC)OC(=O)CCCCCCCC/C=C\C/C=C\C/C=C\CCCCC. The molecule has 6 nitrogen and oxygen atoms in total. The first-order valence-corrected chi connectivity index (χ1v) is 30.6. The quantitative estimate of drug-likeness (QED) is 0.0261. The Balaban J connectivity index is 4.53. The van der Waals surface area contributed by atoms with Gasteiger partial charge in [0.1, 0.15) is 13.2 Å². The molecule has 0 bridgehead atoms. The highest BCUT2D eigenvalue weighted by molar-refractivity contribution is 5.72. The van der Waals surface area contributed by atoms with Gasteiger partial charge in [0.2, 0.25) is 0 Å². The maximum atomic E-state index is 12.9. The molecule has 0 aliphatic rings. The Bertz CT molecular complexity index is 1790. The smallest absolute Gasteiger partial charge is 0.309 e. The van der Waals surface area contributed by atoms with E-state index in [9.17, 15) is 14.4 Å². The van der Waals surface area contributed by atoms with Gasteiger partial charge in [-0.3, -0.25) is 14.4 Å². The summed E-state index contributed by atoms with van der Waals surface area (Å²) in [5.74, 6) is -1.10. The molecule has 0 aromatic carbocycles. The number of esters is 3. The third-order valence-corrected chi connectivity index (χ3v) is 12.2. The van der Waals surface area contributed by atoms with Crippen LogP contribution in [0.2, 0.25) is 0 Å². The van der Waals surface area contributed by atoms with Crippen LogP contribution in [0.4, 0.5) is 0 Å². The first kappa shape index (κ1) is 71.8. The number of hydrogen-bond acceptors (Lipinski definition) is 6. The summed E-state index contributed by atoms with van der Waals surface area (Å²) < 4.78 is 16.8. The van der Waals surface area contributed by atoms with Crippen LogP contribution >= 0.6 is 0 Å². The Morgan fingerprint density at radius 2 is 0.558 bits per heavy atom. The predicted molar refractivity (Wildman–Crippen MR) is 334 cm³/mol. The van der Waals surface area contributed by atoms with E-state index in [-0.39, 0.29) is 38.0 Å². The molecule has 0 N–H and O–H groups in total. The lowest BCUT2D eigenvalue weighted by Crippen LogP contribution is -2.30. The largest absolute Gasteiger partial charge is 0.462 e. The normalized spacial score (nSPS) is 13.3. The molecule has 0 radical (unpaired) electrons. The molecular weight excluding hydrogens is 949 g/mol. The number of allylic oxidation sites excluding steroid dienone is 27. The number of unbranched alkanes of at least 4 members (excludes halogenated alkanes) is 15. The van der Waals surface area contributed by atoms with E-state index < -0.39 is 12.1 Å². The standard InChI is InChI=1S/C71H110O6/c1-4-7-10-13-16-19-22-25-28-30-32-33-34-35-36-37-39-40-43-46-49-52-55-58-61-64-70(73)76-67-68(66-75-69(72)63-60-57-54-51-48-45-42-27-24-21-18-15-12-9-6-3)77-71(74)65-62-59-56-53-50-47-44-41-38-31-29-26-23-20-17-14-11-8-5-2/h7,9-10,12,16-21,25-29,32-33,35-36,38-42,48,51,57,60,68H,4-6,8,11,13-15,22-24,30-31,34,37,43-47,49-50,52-56,58-59,61-67H2,1-3H3/b10-7-,12-9-,19-16-,20-17-,21-18-,28-25-,29-26-,33-32-,36-35-,40-39-,41-38-,42-27-,51-48-,60-57-. The fourth-order valence-electron chi connectivity index (χ4n) is 7.70. The van der Waals surface area contributed by atoms with Crippen molar-refractivity contribution in [3.05, 3.63) is 170 Å². The maximum Gasteiger partial charge on any atom is 0.309 e. The van der Waals surface area contributed by atoms with Crippen molar-refractivity contribution in [1.82, 2.24) is 0 Å². The molecule has 1 atom stereocenters. The Labute approximate surface area is 472 Å². The number of ether oxygens (including phenoxy) is 3. The van der Waals surface area contributed by atoms with Crippen LogP contribution in [0.1, 0.15) is 239 Å². The Morgan fingerprint density at radius 1 is 0.286 bits per heavy atom. The highest BCUT2D eigenvalue weighted by Gasteiger charge is 2.19. The molecule has 430 valence electrons. The van der Waals surface area contributed by atoms with E-state index in [1.165, 1.54) is 51.4 Å². The van der Waals surface area contributed by atoms with Gasteiger partial charge in [0.05, 0.1) is 6.42 Å². The number of rotatable bonds is 53. The van der Waals surface area contributed by atoms with Crippen LogP contribution in [-0.2, 0) is 28.6 Å². The summed E-state index contributed by atoms with van der Waals surface area (Å²) in [7, 11) is 0. The maximum absolute atomic E-state index is 12.9. The summed E-state index contributed by atoms with van der Waals surface area (Å²) >= 11 is 0. The van der Waals surface area contributed by atoms with Gasteiger partial charge in [-0.15, -0.1) is 0 Å². The monoisotopic (exact) mass is 1060 g/mol. The van der Waals surface area contributed by atoms with Gasteiger partial charge >= 0.3 is 17.9 Å². The summed E-state index contributed by atoms with van der Waals surface area (Å²) in [4.78, 5) is 38.2. The van der Waals surface area contributed by atoms with Crippen LogP contribution in [-0.4, -0.2) is 37.2 Å². The van der Waals surface area contributed by atoms with E-state index >= 15 is 0 Å². The Kier molecular flexibility index (Phi) is 59.0. The van der Waals surface area contributed by atoms with E-state index in [0.717, 1.165) is 148 Å². The van der Waals surface area contributed by atoms with Crippen molar-refractivity contribution in [3.8, 4) is 0 Å². The third kappa shape index (κ3) is 61.5. The number of hydrogen-bond donors (Lipinski definition) is 0. The van der Waals surface area contributed by atoms with Crippen molar-refractivity contribution >= 4 is 17.9 Å². The van der Waals surface area contributed by atoms with Gasteiger partial charge in [0, 0.05) is 12.8 Å². The first-order chi connectivity index (χ1) is 38.0. The minimum Gasteiger partial charge on any atom is -0.462 e. The molecular formula is C71H110O6. The van der Waals surface area contributed by atoms with Gasteiger partial charge in [0.25, 0.3) is 0 Å². The van der Waals surface area contributed by atoms with Crippen LogP contribution in [0.15, 0.2) is 170 Å². The summed E-state index contributed by atoms with van der Waals surface area (Å²) in [6.07, 6.45) is 93.7. The van der Waals surface area contributed by atoms with Gasteiger partial charge in [-0.2, -0.15) is 0 Å². The van der Waals surface area contributed by atoms with Crippen LogP contribution in [0.3, 0.4) is 0 Å². The number of carbonyl (C=O) groups is 3. The van der Waals surface area contributed by atoms with Gasteiger partial charge in [-0.1, -0.05) is 255 Å². The molecule has 6 heteroatoms. The summed E-state index contributed by atoms with van der Waals surface area (Å²) in [6.45, 7) is 6.26. The van der Waals surface area contributed by atoms with Gasteiger partial charge in [0.15, 0.2) is 6.10 Å². The van der Waals surface area contributed by atoms with Crippen molar-refractivity contribution in [2.75, 3.05) is 13.2 Å². The molecule has 0 rings (SSSR count). The summed E-state index contributed by atoms with van der Waals surface area (Å²) in [5.41, 5.74) is 0. The molecule has 1 unspecified atom stereocenters. The van der Waals surface area contributed by atoms with Crippen LogP contribution in [0.25, 0.3) is 0 Å². The molecule has 0 spiro atoms. The highest BCUT2D eigenvalue weighted by Crippen LogP contribution is 2.13. The Morgan fingerprint density at radius 3 is 0.909 bits per heavy atom. The van der Waals surface area contributed by atoms with E-state index in [4.69, 9.17) is 14.2 Å². The molecule has 0 aromatic heterocycles. The number of carbonyl (C=O) groups excluding carboxylic acids is 3. The molecule has 0 aromatic rings. The minimum absolute atomic E-state index is 0.113. The molecule has 77 heavy (non-hydrogen) atoms. The average Bonchev–Trinajstić information content (AvgIpc) is 3.43. The average molecular weight is 1060 g/mol. The third-order valence-electron chi connectivity index (χ3n) is 12.2. The minimum atomic E-state index is -0.842. The van der Waals surface area contributed by atoms with Crippen LogP contribution in [0, 0.1) is 0 Å². The summed E-state index contributed by atoms with van der Waals surface area (Å²) in [6, 6.07) is 0. The second-order valence-electron chi connectivity index (χ2n) is 19.5. The molecule has 0 saturated carbocycles. The van der Waals surface area contributed by atoms with E-state index in [1.807, 2.05) is 6.08 Å². The second kappa shape index (κ2) is 63.3. The molecule has 0 aliphatic carbocycles. The topological polar surface area (TPSA) is 78.9 Å². The molecule has 0 heterocycles. The zero-order valence-electron chi connectivity index (χ0n) is 49.1. The molecule has 0 fully saturated rings. The van der Waals surface area contributed by atoms with Crippen molar-refractivity contribution in [2.24, 2.45) is 0 Å². The van der Waals surface area contributed by atoms with Crippen LogP contribution < -0.4 is 0 Å². The molecule has 0 saturated heterocycles. The van der Waals surface area contributed by atoms with Crippen molar-refractivity contribution in [1.29, 1.82) is 0 Å². The van der Waals surface area contributed by atoms with Crippen molar-refractivity contribution in [2.45, 2.75) is 245 Å². The summed E-state index contributed by atoms with van der Waals surface area (Å²) in [5, 5.41) is 0. The molecule has 0 amide bonds. The van der Waals surface area contributed by atoms with Crippen molar-refractivity contribution in [3.63, 3.8) is 0 Å². The van der Waals surface area contributed by atoms with Crippen molar-refractivity contribution < 1.29 is 28.6 Å². The van der Waals surface area contributed by atoms with Gasteiger partial charge in [-0.25, -0.2) is 0 Å². The second-order valence-corrected chi connectivity index (χ2v) is 19.5. The first-order valence-electron chi connectivity index (χ1n) is 30.6.